The third-order valence-electron chi connectivity index (χ3n) is 3.98. The van der Waals surface area contributed by atoms with E-state index in [1.165, 1.54) is 0 Å². The molecule has 0 aliphatic rings. The van der Waals surface area contributed by atoms with Crippen LogP contribution >= 0.6 is 11.6 Å². The highest BCUT2D eigenvalue weighted by Gasteiger charge is 2.25. The van der Waals surface area contributed by atoms with Gasteiger partial charge in [0.2, 0.25) is 0 Å². The number of H-pyrrole nitrogens is 1. The minimum Gasteiger partial charge on any atom is -0.454 e. The number of halogens is 1. The number of benzene rings is 2. The number of pyridine rings is 1. The Balaban J connectivity index is 2.29. The molecule has 0 atom stereocenters. The van der Waals surface area contributed by atoms with Crippen molar-refractivity contribution in [3.8, 4) is 11.1 Å². The van der Waals surface area contributed by atoms with Crippen molar-refractivity contribution in [2.24, 2.45) is 0 Å². The van der Waals surface area contributed by atoms with Gasteiger partial charge in [-0.15, -0.1) is 0 Å². The van der Waals surface area contributed by atoms with Crippen molar-refractivity contribution in [1.29, 1.82) is 0 Å². The third-order valence-corrected chi connectivity index (χ3v) is 5.34. The Morgan fingerprint density at radius 2 is 1.84 bits per heavy atom. The molecule has 2 aromatic heterocycles. The molecule has 0 unspecified atom stereocenters. The minimum atomic E-state index is -3.80. The summed E-state index contributed by atoms with van der Waals surface area (Å²) in [5, 5.41) is 1.14. The highest BCUT2D eigenvalue weighted by Crippen LogP contribution is 2.37. The normalized spacial score (nSPS) is 12.1. The Bertz CT molecular complexity index is 1300. The van der Waals surface area contributed by atoms with Crippen LogP contribution in [0.15, 0.2) is 62.6 Å². The van der Waals surface area contributed by atoms with Crippen molar-refractivity contribution >= 4 is 43.5 Å². The van der Waals surface area contributed by atoms with E-state index in [1.807, 2.05) is 6.07 Å². The van der Waals surface area contributed by atoms with E-state index in [1.54, 1.807) is 42.5 Å². The Hall–Kier alpha value is -2.57. The first-order valence-electron chi connectivity index (χ1n) is 7.40. The predicted molar refractivity (Wildman–Crippen MR) is 97.9 cm³/mol. The summed E-state index contributed by atoms with van der Waals surface area (Å²) in [7, 11) is -3.80. The summed E-state index contributed by atoms with van der Waals surface area (Å²) in [6.45, 7) is 0. The van der Waals surface area contributed by atoms with E-state index in [4.69, 9.17) is 16.0 Å². The molecule has 4 rings (SSSR count). The highest BCUT2D eigenvalue weighted by molar-refractivity contribution is 7.90. The standard InChI is InChI=1S/C18H12ClNO4S/c1-25(22,23)17-14(10-5-4-6-11(19)9-10)16-15(20-18(17)21)12-7-2-3-8-13(12)24-16/h2-9H,1H3,(H,20,21). The largest absolute Gasteiger partial charge is 0.454 e. The Labute approximate surface area is 147 Å². The molecule has 0 fully saturated rings. The number of fused-ring (bicyclic) bond motifs is 3. The van der Waals surface area contributed by atoms with Crippen molar-refractivity contribution in [1.82, 2.24) is 4.98 Å². The van der Waals surface area contributed by atoms with Gasteiger partial charge in [-0.05, 0) is 29.8 Å². The molecule has 25 heavy (non-hydrogen) atoms. The van der Waals surface area contributed by atoms with Gasteiger partial charge in [0.05, 0.1) is 11.1 Å². The molecule has 4 aromatic rings. The molecule has 0 saturated carbocycles. The summed E-state index contributed by atoms with van der Waals surface area (Å²) in [4.78, 5) is 14.9. The van der Waals surface area contributed by atoms with E-state index >= 15 is 0 Å². The van der Waals surface area contributed by atoms with Gasteiger partial charge in [-0.3, -0.25) is 4.79 Å². The van der Waals surface area contributed by atoms with Crippen molar-refractivity contribution < 1.29 is 12.8 Å². The minimum absolute atomic E-state index is 0.222. The summed E-state index contributed by atoms with van der Waals surface area (Å²) < 4.78 is 30.5. The number of rotatable bonds is 2. The monoisotopic (exact) mass is 373 g/mol. The first-order valence-corrected chi connectivity index (χ1v) is 9.67. The van der Waals surface area contributed by atoms with Gasteiger partial charge < -0.3 is 9.40 Å². The number of hydrogen-bond acceptors (Lipinski definition) is 4. The lowest BCUT2D eigenvalue weighted by Gasteiger charge is -2.08. The lowest BCUT2D eigenvalue weighted by molar-refractivity contribution is 0.600. The predicted octanol–water partition coefficient (Wildman–Crippen LogP) is 4.00. The molecule has 0 amide bonds. The van der Waals surface area contributed by atoms with Crippen molar-refractivity contribution in [3.05, 3.63) is 63.9 Å². The molecule has 0 aliphatic heterocycles. The van der Waals surface area contributed by atoms with E-state index in [0.29, 0.717) is 32.7 Å². The molecule has 126 valence electrons. The topological polar surface area (TPSA) is 80.1 Å². The average Bonchev–Trinajstić information content (AvgIpc) is 2.91. The molecule has 2 aromatic carbocycles. The molecule has 0 bridgehead atoms. The maximum atomic E-state index is 12.6. The second kappa shape index (κ2) is 5.47. The SMILES string of the molecule is CS(=O)(=O)c1c(-c2cccc(Cl)c2)c2oc3ccccc3c2[nH]c1=O. The average molecular weight is 374 g/mol. The second-order valence-electron chi connectivity index (χ2n) is 5.74. The number of para-hydroxylation sites is 1. The number of hydrogen-bond donors (Lipinski definition) is 1. The molecule has 0 radical (unpaired) electrons. The van der Waals surface area contributed by atoms with Crippen LogP contribution in [-0.4, -0.2) is 19.7 Å². The maximum absolute atomic E-state index is 12.6. The summed E-state index contributed by atoms with van der Waals surface area (Å²) in [5.41, 5.74) is 1.37. The second-order valence-corrected chi connectivity index (χ2v) is 8.13. The zero-order valence-corrected chi connectivity index (χ0v) is 14.6. The van der Waals surface area contributed by atoms with Crippen LogP contribution in [0.2, 0.25) is 5.02 Å². The van der Waals surface area contributed by atoms with Crippen LogP contribution in [-0.2, 0) is 9.84 Å². The Morgan fingerprint density at radius 1 is 1.08 bits per heavy atom. The summed E-state index contributed by atoms with van der Waals surface area (Å²) in [6, 6.07) is 13.9. The van der Waals surface area contributed by atoms with E-state index in [0.717, 1.165) is 6.26 Å². The smallest absolute Gasteiger partial charge is 0.268 e. The summed E-state index contributed by atoms with van der Waals surface area (Å²) in [6.07, 6.45) is 1.00. The number of aromatic amines is 1. The molecule has 5 nitrogen and oxygen atoms in total. The van der Waals surface area contributed by atoms with Gasteiger partial charge in [-0.25, -0.2) is 8.42 Å². The highest BCUT2D eigenvalue weighted by atomic mass is 35.5. The maximum Gasteiger partial charge on any atom is 0.268 e. The van der Waals surface area contributed by atoms with Gasteiger partial charge in [-0.2, -0.15) is 0 Å². The molecule has 0 saturated heterocycles. The number of nitrogens with one attached hydrogen (secondary N) is 1. The fourth-order valence-corrected chi connectivity index (χ4v) is 4.15. The van der Waals surface area contributed by atoms with Crippen LogP contribution < -0.4 is 5.56 Å². The number of furan rings is 1. The lowest BCUT2D eigenvalue weighted by Crippen LogP contribution is -2.18. The first-order chi connectivity index (χ1) is 11.9. The molecule has 1 N–H and O–H groups in total. The van der Waals surface area contributed by atoms with Crippen LogP contribution in [0.4, 0.5) is 0 Å². The van der Waals surface area contributed by atoms with Crippen LogP contribution in [0.3, 0.4) is 0 Å². The van der Waals surface area contributed by atoms with Gasteiger partial charge in [0.25, 0.3) is 5.56 Å². The third kappa shape index (κ3) is 2.54. The molecule has 0 aliphatic carbocycles. The molecule has 2 heterocycles. The fraction of sp³-hybridized carbons (Fsp3) is 0.0556. The van der Waals surface area contributed by atoms with Crippen molar-refractivity contribution in [2.45, 2.75) is 4.90 Å². The van der Waals surface area contributed by atoms with E-state index in [9.17, 15) is 13.2 Å². The van der Waals surface area contributed by atoms with E-state index < -0.39 is 15.4 Å². The Kier molecular flexibility index (Phi) is 3.49. The van der Waals surface area contributed by atoms with E-state index in [-0.39, 0.29) is 10.5 Å². The van der Waals surface area contributed by atoms with Crippen LogP contribution in [0.25, 0.3) is 33.2 Å². The van der Waals surface area contributed by atoms with E-state index in [2.05, 4.69) is 4.98 Å². The van der Waals surface area contributed by atoms with Gasteiger partial charge in [-0.1, -0.05) is 35.9 Å². The molecular weight excluding hydrogens is 362 g/mol. The molecular formula is C18H12ClNO4S. The van der Waals surface area contributed by atoms with Crippen molar-refractivity contribution in [3.63, 3.8) is 0 Å². The van der Waals surface area contributed by atoms with Crippen LogP contribution in [0, 0.1) is 0 Å². The Morgan fingerprint density at radius 3 is 2.56 bits per heavy atom. The fourth-order valence-electron chi connectivity index (χ4n) is 2.99. The zero-order chi connectivity index (χ0) is 17.8. The van der Waals surface area contributed by atoms with Gasteiger partial charge >= 0.3 is 0 Å². The molecule has 7 heteroatoms. The molecule has 0 spiro atoms. The summed E-state index contributed by atoms with van der Waals surface area (Å²) >= 11 is 6.07. The number of sulfone groups is 1. The van der Waals surface area contributed by atoms with Gasteiger partial charge in [0, 0.05) is 16.7 Å². The van der Waals surface area contributed by atoms with Gasteiger partial charge in [0.15, 0.2) is 15.4 Å². The van der Waals surface area contributed by atoms with Gasteiger partial charge in [0.1, 0.15) is 10.5 Å². The number of aromatic nitrogens is 1. The summed E-state index contributed by atoms with van der Waals surface area (Å²) in [5.74, 6) is 0. The van der Waals surface area contributed by atoms with Crippen LogP contribution in [0.5, 0.6) is 0 Å². The first kappa shape index (κ1) is 15.9. The zero-order valence-electron chi connectivity index (χ0n) is 13.0. The van der Waals surface area contributed by atoms with Crippen molar-refractivity contribution in [2.75, 3.05) is 6.26 Å². The van der Waals surface area contributed by atoms with Crippen LogP contribution in [0.1, 0.15) is 0 Å². The lowest BCUT2D eigenvalue weighted by atomic mass is 10.1. The quantitative estimate of drug-likeness (QED) is 0.576.